The molecule has 0 atom stereocenters. The molecule has 2 rings (SSSR count). The number of carbonyl (C=O) groups is 2. The van der Waals surface area contributed by atoms with Crippen molar-refractivity contribution in [1.29, 1.82) is 0 Å². The largest absolute Gasteiger partial charge is 0.478 e. The van der Waals surface area contributed by atoms with E-state index >= 15 is 0 Å². The highest BCUT2D eigenvalue weighted by Gasteiger charge is 2.14. The number of benzene rings is 1. The number of carbonyl (C=O) groups excluding carboxylic acids is 1. The highest BCUT2D eigenvalue weighted by Crippen LogP contribution is 2.24. The number of aryl methyl sites for hydroxylation is 2. The third-order valence-corrected chi connectivity index (χ3v) is 3.59. The van der Waals surface area contributed by atoms with E-state index in [0.29, 0.717) is 10.7 Å². The first-order valence-electron chi connectivity index (χ1n) is 5.93. The summed E-state index contributed by atoms with van der Waals surface area (Å²) in [5, 5.41) is 16.2. The summed E-state index contributed by atoms with van der Waals surface area (Å²) in [5.41, 5.74) is 2.77. The van der Waals surface area contributed by atoms with Crippen molar-refractivity contribution in [3.63, 3.8) is 0 Å². The third kappa shape index (κ3) is 3.16. The summed E-state index contributed by atoms with van der Waals surface area (Å²) in [6.45, 7) is 3.83. The molecule has 6 heteroatoms. The highest BCUT2D eigenvalue weighted by atomic mass is 32.1. The number of aromatic carboxylic acids is 1. The Bertz CT molecular complexity index is 664. The standard InChI is InChI=1S/C14H14N2O3S/c1-8-3-4-9(2)11(7-8)15-14(19)16-12-10(13(17)18)5-6-20-12/h3-7H,1-2H3,(H,17,18)(H2,15,16,19). The Morgan fingerprint density at radius 2 is 1.90 bits per heavy atom. The fourth-order valence-corrected chi connectivity index (χ4v) is 2.48. The maximum atomic E-state index is 11.9. The lowest BCUT2D eigenvalue weighted by Gasteiger charge is -2.10. The van der Waals surface area contributed by atoms with E-state index < -0.39 is 12.0 Å². The minimum atomic E-state index is -1.06. The summed E-state index contributed by atoms with van der Waals surface area (Å²) < 4.78 is 0. The van der Waals surface area contributed by atoms with Crippen LogP contribution in [0.2, 0.25) is 0 Å². The zero-order chi connectivity index (χ0) is 14.7. The maximum absolute atomic E-state index is 11.9. The van der Waals surface area contributed by atoms with Crippen molar-refractivity contribution in [3.05, 3.63) is 46.3 Å². The minimum absolute atomic E-state index is 0.0890. The van der Waals surface area contributed by atoms with Gasteiger partial charge in [-0.2, -0.15) is 0 Å². The molecule has 1 aromatic heterocycles. The van der Waals surface area contributed by atoms with Crippen LogP contribution in [0.5, 0.6) is 0 Å². The quantitative estimate of drug-likeness (QED) is 0.806. The molecule has 0 aliphatic carbocycles. The van der Waals surface area contributed by atoms with Crippen LogP contribution in [0.1, 0.15) is 21.5 Å². The summed E-state index contributed by atoms with van der Waals surface area (Å²) in [6, 6.07) is 6.74. The molecule has 0 bridgehead atoms. The second kappa shape index (κ2) is 5.75. The van der Waals surface area contributed by atoms with Gasteiger partial charge in [0.05, 0.1) is 5.56 Å². The van der Waals surface area contributed by atoms with E-state index in [9.17, 15) is 9.59 Å². The number of carboxylic acids is 1. The van der Waals surface area contributed by atoms with Gasteiger partial charge in [-0.15, -0.1) is 11.3 Å². The molecule has 0 aliphatic rings. The number of hydrogen-bond acceptors (Lipinski definition) is 3. The fourth-order valence-electron chi connectivity index (χ4n) is 1.70. The molecule has 104 valence electrons. The van der Waals surface area contributed by atoms with Gasteiger partial charge in [-0.1, -0.05) is 12.1 Å². The molecule has 2 amide bonds. The number of rotatable bonds is 3. The zero-order valence-corrected chi connectivity index (χ0v) is 11.9. The molecule has 2 aromatic rings. The first-order valence-corrected chi connectivity index (χ1v) is 6.81. The summed E-state index contributed by atoms with van der Waals surface area (Å²) >= 11 is 1.17. The van der Waals surface area contributed by atoms with Gasteiger partial charge in [-0.05, 0) is 42.5 Å². The van der Waals surface area contributed by atoms with Crippen molar-refractivity contribution >= 4 is 34.0 Å². The molecule has 20 heavy (non-hydrogen) atoms. The van der Waals surface area contributed by atoms with E-state index in [2.05, 4.69) is 10.6 Å². The molecule has 0 aliphatic heterocycles. The molecule has 0 spiro atoms. The number of amides is 2. The second-order valence-electron chi connectivity index (χ2n) is 4.37. The fraction of sp³-hybridized carbons (Fsp3) is 0.143. The maximum Gasteiger partial charge on any atom is 0.338 e. The Labute approximate surface area is 120 Å². The van der Waals surface area contributed by atoms with Crippen molar-refractivity contribution in [2.24, 2.45) is 0 Å². The first-order chi connectivity index (χ1) is 9.47. The lowest BCUT2D eigenvalue weighted by atomic mass is 10.1. The SMILES string of the molecule is Cc1ccc(C)c(NC(=O)Nc2sccc2C(=O)O)c1. The molecule has 0 saturated heterocycles. The first kappa shape index (κ1) is 14.1. The van der Waals surface area contributed by atoms with Crippen molar-refractivity contribution < 1.29 is 14.7 Å². The molecular formula is C14H14N2O3S. The summed E-state index contributed by atoms with van der Waals surface area (Å²) in [7, 11) is 0. The molecule has 3 N–H and O–H groups in total. The molecule has 0 radical (unpaired) electrons. The average molecular weight is 290 g/mol. The molecular weight excluding hydrogens is 276 g/mol. The van der Waals surface area contributed by atoms with Crippen LogP contribution in [0.4, 0.5) is 15.5 Å². The molecule has 1 aromatic carbocycles. The lowest BCUT2D eigenvalue weighted by Crippen LogP contribution is -2.20. The predicted molar refractivity (Wildman–Crippen MR) is 79.8 cm³/mol. The van der Waals surface area contributed by atoms with Gasteiger partial charge in [0.15, 0.2) is 0 Å². The Balaban J connectivity index is 2.11. The van der Waals surface area contributed by atoms with Crippen LogP contribution in [0, 0.1) is 13.8 Å². The van der Waals surface area contributed by atoms with Crippen LogP contribution in [-0.2, 0) is 0 Å². The van der Waals surface area contributed by atoms with Gasteiger partial charge in [0.25, 0.3) is 0 Å². The number of hydrogen-bond donors (Lipinski definition) is 3. The number of nitrogens with one attached hydrogen (secondary N) is 2. The summed E-state index contributed by atoms with van der Waals surface area (Å²) in [5.74, 6) is -1.06. The lowest BCUT2D eigenvalue weighted by molar-refractivity contribution is 0.0698. The van der Waals surface area contributed by atoms with Gasteiger partial charge in [0.1, 0.15) is 5.00 Å². The van der Waals surface area contributed by atoms with E-state index in [-0.39, 0.29) is 5.56 Å². The number of carboxylic acid groups (broad SMARTS) is 1. The number of anilines is 2. The molecule has 5 nitrogen and oxygen atoms in total. The van der Waals surface area contributed by atoms with Gasteiger partial charge in [-0.3, -0.25) is 5.32 Å². The molecule has 1 heterocycles. The number of urea groups is 1. The highest BCUT2D eigenvalue weighted by molar-refractivity contribution is 7.14. The van der Waals surface area contributed by atoms with E-state index in [1.165, 1.54) is 17.4 Å². The smallest absolute Gasteiger partial charge is 0.338 e. The van der Waals surface area contributed by atoms with E-state index in [4.69, 9.17) is 5.11 Å². The van der Waals surface area contributed by atoms with E-state index in [1.807, 2.05) is 32.0 Å². The van der Waals surface area contributed by atoms with Gasteiger partial charge in [0, 0.05) is 5.69 Å². The summed E-state index contributed by atoms with van der Waals surface area (Å²) in [6.07, 6.45) is 0. The van der Waals surface area contributed by atoms with E-state index in [1.54, 1.807) is 5.38 Å². The summed E-state index contributed by atoms with van der Waals surface area (Å²) in [4.78, 5) is 22.9. The van der Waals surface area contributed by atoms with Gasteiger partial charge < -0.3 is 10.4 Å². The van der Waals surface area contributed by atoms with Crippen molar-refractivity contribution in [1.82, 2.24) is 0 Å². The van der Waals surface area contributed by atoms with Crippen molar-refractivity contribution in [2.45, 2.75) is 13.8 Å². The zero-order valence-electron chi connectivity index (χ0n) is 11.1. The Morgan fingerprint density at radius 1 is 1.15 bits per heavy atom. The van der Waals surface area contributed by atoms with Gasteiger partial charge >= 0.3 is 12.0 Å². The number of thiophene rings is 1. The van der Waals surface area contributed by atoms with Crippen LogP contribution >= 0.6 is 11.3 Å². The third-order valence-electron chi connectivity index (χ3n) is 2.76. The van der Waals surface area contributed by atoms with Crippen LogP contribution in [0.15, 0.2) is 29.6 Å². The van der Waals surface area contributed by atoms with Crippen LogP contribution in [-0.4, -0.2) is 17.1 Å². The van der Waals surface area contributed by atoms with Crippen molar-refractivity contribution in [3.8, 4) is 0 Å². The van der Waals surface area contributed by atoms with Crippen LogP contribution in [0.3, 0.4) is 0 Å². The second-order valence-corrected chi connectivity index (χ2v) is 5.28. The van der Waals surface area contributed by atoms with Crippen LogP contribution < -0.4 is 10.6 Å². The molecule has 0 saturated carbocycles. The molecule has 0 fully saturated rings. The monoisotopic (exact) mass is 290 g/mol. The van der Waals surface area contributed by atoms with E-state index in [0.717, 1.165) is 11.1 Å². The Morgan fingerprint density at radius 3 is 2.60 bits per heavy atom. The Hall–Kier alpha value is -2.34. The Kier molecular flexibility index (Phi) is 4.05. The van der Waals surface area contributed by atoms with Crippen LogP contribution in [0.25, 0.3) is 0 Å². The normalized spacial score (nSPS) is 10.1. The predicted octanol–water partition coefficient (Wildman–Crippen LogP) is 3.71. The average Bonchev–Trinajstić information content (AvgIpc) is 2.82. The topological polar surface area (TPSA) is 78.4 Å². The molecule has 0 unspecified atom stereocenters. The minimum Gasteiger partial charge on any atom is -0.478 e. The van der Waals surface area contributed by atoms with Gasteiger partial charge in [-0.25, -0.2) is 9.59 Å². The van der Waals surface area contributed by atoms with Crippen molar-refractivity contribution in [2.75, 3.05) is 10.6 Å². The van der Waals surface area contributed by atoms with Gasteiger partial charge in [0.2, 0.25) is 0 Å².